The first kappa shape index (κ1) is 12.4. The summed E-state index contributed by atoms with van der Waals surface area (Å²) in [6.45, 7) is 0. The van der Waals surface area contributed by atoms with Gasteiger partial charge >= 0.3 is 0 Å². The van der Waals surface area contributed by atoms with Crippen molar-refractivity contribution >= 4 is 49.8 Å². The van der Waals surface area contributed by atoms with Crippen molar-refractivity contribution in [3.63, 3.8) is 0 Å². The van der Waals surface area contributed by atoms with Crippen molar-refractivity contribution in [1.82, 2.24) is 10.2 Å². The first-order valence-corrected chi connectivity index (χ1v) is 6.84. The normalized spacial score (nSPS) is 10.6. The summed E-state index contributed by atoms with van der Waals surface area (Å²) in [4.78, 5) is 0. The van der Waals surface area contributed by atoms with Crippen molar-refractivity contribution in [3.8, 4) is 0 Å². The Morgan fingerprint density at radius 2 is 1.58 bits per heavy atom. The molecule has 0 aliphatic rings. The average molecular weight is 335 g/mol. The number of anilines is 2. The third kappa shape index (κ3) is 2.55. The molecule has 5 heteroatoms. The molecule has 0 saturated carbocycles. The summed E-state index contributed by atoms with van der Waals surface area (Å²) < 4.78 is 1.03. The van der Waals surface area contributed by atoms with Gasteiger partial charge in [-0.15, -0.1) is 10.2 Å². The maximum atomic E-state index is 6.05. The van der Waals surface area contributed by atoms with E-state index in [0.717, 1.165) is 20.9 Å². The van der Waals surface area contributed by atoms with E-state index in [9.17, 15) is 0 Å². The van der Waals surface area contributed by atoms with Gasteiger partial charge in [-0.3, -0.25) is 0 Å². The van der Waals surface area contributed by atoms with Crippen LogP contribution >= 0.6 is 27.5 Å². The first-order chi connectivity index (χ1) is 9.24. The molecule has 1 aromatic heterocycles. The predicted octanol–water partition coefficient (Wildman–Crippen LogP) is 4.79. The lowest BCUT2D eigenvalue weighted by molar-refractivity contribution is 1.05. The molecule has 0 unspecified atom stereocenters. The predicted molar refractivity (Wildman–Crippen MR) is 82.0 cm³/mol. The molecule has 1 heterocycles. The minimum atomic E-state index is 0.414. The van der Waals surface area contributed by atoms with Crippen LogP contribution in [0.3, 0.4) is 0 Å². The zero-order valence-corrected chi connectivity index (χ0v) is 12.1. The number of hydrogen-bond acceptors (Lipinski definition) is 3. The van der Waals surface area contributed by atoms with Gasteiger partial charge in [-0.25, -0.2) is 0 Å². The summed E-state index contributed by atoms with van der Waals surface area (Å²) in [7, 11) is 0. The standard InChI is InChI=1S/C14H9BrClN3/c15-9-5-7-10(8-6-9)17-14-12-4-2-1-3-11(12)13(16)18-19-14/h1-8H,(H,17,19). The van der Waals surface area contributed by atoms with E-state index in [1.165, 1.54) is 0 Å². The second kappa shape index (κ2) is 5.15. The average Bonchev–Trinajstić information content (AvgIpc) is 2.45. The minimum Gasteiger partial charge on any atom is -0.338 e. The molecular weight excluding hydrogens is 326 g/mol. The van der Waals surface area contributed by atoms with Crippen LogP contribution in [-0.2, 0) is 0 Å². The molecule has 2 aromatic carbocycles. The Balaban J connectivity index is 2.06. The van der Waals surface area contributed by atoms with Crippen LogP contribution < -0.4 is 5.32 Å². The summed E-state index contributed by atoms with van der Waals surface area (Å²) in [5.41, 5.74) is 0.949. The van der Waals surface area contributed by atoms with Crippen LogP contribution in [0.4, 0.5) is 11.5 Å². The van der Waals surface area contributed by atoms with Crippen molar-refractivity contribution in [3.05, 3.63) is 58.2 Å². The molecule has 0 bridgehead atoms. The highest BCUT2D eigenvalue weighted by molar-refractivity contribution is 9.10. The van der Waals surface area contributed by atoms with Crippen LogP contribution in [0.15, 0.2) is 53.0 Å². The van der Waals surface area contributed by atoms with Crippen LogP contribution in [0.5, 0.6) is 0 Å². The second-order valence-electron chi connectivity index (χ2n) is 4.02. The van der Waals surface area contributed by atoms with Gasteiger partial charge < -0.3 is 5.32 Å². The van der Waals surface area contributed by atoms with Gasteiger partial charge in [0.2, 0.25) is 0 Å². The maximum Gasteiger partial charge on any atom is 0.161 e. The van der Waals surface area contributed by atoms with E-state index in [-0.39, 0.29) is 0 Å². The largest absolute Gasteiger partial charge is 0.338 e. The highest BCUT2D eigenvalue weighted by Crippen LogP contribution is 2.28. The highest BCUT2D eigenvalue weighted by Gasteiger charge is 2.07. The number of fused-ring (bicyclic) bond motifs is 1. The molecule has 0 aliphatic carbocycles. The summed E-state index contributed by atoms with van der Waals surface area (Å²) in [5, 5.41) is 13.6. The van der Waals surface area contributed by atoms with Gasteiger partial charge in [0.05, 0.1) is 0 Å². The van der Waals surface area contributed by atoms with Gasteiger partial charge in [-0.05, 0) is 24.3 Å². The van der Waals surface area contributed by atoms with Crippen molar-refractivity contribution in [2.45, 2.75) is 0 Å². The molecule has 0 fully saturated rings. The van der Waals surface area contributed by atoms with E-state index in [2.05, 4.69) is 31.4 Å². The summed E-state index contributed by atoms with van der Waals surface area (Å²) in [6.07, 6.45) is 0. The molecule has 94 valence electrons. The number of benzene rings is 2. The topological polar surface area (TPSA) is 37.8 Å². The fourth-order valence-electron chi connectivity index (χ4n) is 1.83. The third-order valence-corrected chi connectivity index (χ3v) is 3.56. The van der Waals surface area contributed by atoms with Gasteiger partial charge in [0.15, 0.2) is 11.0 Å². The van der Waals surface area contributed by atoms with Crippen LogP contribution in [0.1, 0.15) is 0 Å². The number of aromatic nitrogens is 2. The minimum absolute atomic E-state index is 0.414. The Morgan fingerprint density at radius 1 is 0.895 bits per heavy atom. The highest BCUT2D eigenvalue weighted by atomic mass is 79.9. The lowest BCUT2D eigenvalue weighted by Gasteiger charge is -2.08. The van der Waals surface area contributed by atoms with Crippen LogP contribution in [-0.4, -0.2) is 10.2 Å². The number of rotatable bonds is 2. The van der Waals surface area contributed by atoms with E-state index in [1.807, 2.05) is 48.5 Å². The Hall–Kier alpha value is -1.65. The molecule has 0 aliphatic heterocycles. The number of halogens is 2. The molecule has 0 spiro atoms. The molecule has 3 rings (SSSR count). The Bertz CT molecular complexity index is 728. The molecule has 0 atom stereocenters. The quantitative estimate of drug-likeness (QED) is 0.732. The van der Waals surface area contributed by atoms with Crippen molar-refractivity contribution in [2.75, 3.05) is 5.32 Å². The van der Waals surface area contributed by atoms with Crippen LogP contribution in [0, 0.1) is 0 Å². The molecular formula is C14H9BrClN3. The Morgan fingerprint density at radius 3 is 2.32 bits per heavy atom. The zero-order chi connectivity index (χ0) is 13.2. The molecule has 1 N–H and O–H groups in total. The fourth-order valence-corrected chi connectivity index (χ4v) is 2.30. The smallest absolute Gasteiger partial charge is 0.161 e. The number of hydrogen-bond donors (Lipinski definition) is 1. The summed E-state index contributed by atoms with van der Waals surface area (Å²) in [5.74, 6) is 0.697. The second-order valence-corrected chi connectivity index (χ2v) is 5.29. The SMILES string of the molecule is Clc1nnc(Nc2ccc(Br)cc2)c2ccccc12. The molecule has 3 nitrogen and oxygen atoms in total. The van der Waals surface area contributed by atoms with Crippen LogP contribution in [0.2, 0.25) is 5.15 Å². The molecule has 19 heavy (non-hydrogen) atoms. The molecule has 0 amide bonds. The van der Waals surface area contributed by atoms with Gasteiger partial charge in [0.1, 0.15) is 0 Å². The Labute approximate surface area is 123 Å². The van der Waals surface area contributed by atoms with Crippen molar-refractivity contribution < 1.29 is 0 Å². The van der Waals surface area contributed by atoms with Crippen molar-refractivity contribution in [1.29, 1.82) is 0 Å². The van der Waals surface area contributed by atoms with E-state index < -0.39 is 0 Å². The van der Waals surface area contributed by atoms with E-state index >= 15 is 0 Å². The lowest BCUT2D eigenvalue weighted by atomic mass is 10.2. The van der Waals surface area contributed by atoms with E-state index in [0.29, 0.717) is 11.0 Å². The fraction of sp³-hybridized carbons (Fsp3) is 0. The first-order valence-electron chi connectivity index (χ1n) is 5.67. The van der Waals surface area contributed by atoms with E-state index in [1.54, 1.807) is 0 Å². The summed E-state index contributed by atoms with van der Waals surface area (Å²) >= 11 is 9.45. The zero-order valence-electron chi connectivity index (χ0n) is 9.77. The molecule has 0 radical (unpaired) electrons. The third-order valence-electron chi connectivity index (χ3n) is 2.75. The Kier molecular flexibility index (Phi) is 3.36. The summed E-state index contributed by atoms with van der Waals surface area (Å²) in [6, 6.07) is 15.6. The van der Waals surface area contributed by atoms with E-state index in [4.69, 9.17) is 11.6 Å². The van der Waals surface area contributed by atoms with Gasteiger partial charge in [-0.1, -0.05) is 51.8 Å². The van der Waals surface area contributed by atoms with Crippen LogP contribution in [0.25, 0.3) is 10.8 Å². The van der Waals surface area contributed by atoms with Gasteiger partial charge in [0, 0.05) is 20.9 Å². The van der Waals surface area contributed by atoms with Gasteiger partial charge in [-0.2, -0.15) is 0 Å². The number of nitrogens with zero attached hydrogens (tertiary/aromatic N) is 2. The van der Waals surface area contributed by atoms with Crippen molar-refractivity contribution in [2.24, 2.45) is 0 Å². The number of nitrogens with one attached hydrogen (secondary N) is 1. The van der Waals surface area contributed by atoms with Gasteiger partial charge in [0.25, 0.3) is 0 Å². The monoisotopic (exact) mass is 333 g/mol. The molecule has 0 saturated heterocycles. The maximum absolute atomic E-state index is 6.05. The lowest BCUT2D eigenvalue weighted by Crippen LogP contribution is -1.97. The molecule has 3 aromatic rings.